The van der Waals surface area contributed by atoms with Gasteiger partial charge in [-0.25, -0.2) is 0 Å². The smallest absolute Gasteiger partial charge is 0.306 e. The predicted molar refractivity (Wildman–Crippen MR) is 168 cm³/mol. The molecule has 1 unspecified atom stereocenters. The molecular formula is C35H62O4. The van der Waals surface area contributed by atoms with Crippen molar-refractivity contribution in [2.24, 2.45) is 0 Å². The molecule has 0 aromatic rings. The highest BCUT2D eigenvalue weighted by atomic mass is 16.6. The Morgan fingerprint density at radius 3 is 1.74 bits per heavy atom. The van der Waals surface area contributed by atoms with Crippen LogP contribution in [0, 0.1) is 0 Å². The van der Waals surface area contributed by atoms with Crippen LogP contribution >= 0.6 is 0 Å². The van der Waals surface area contributed by atoms with Gasteiger partial charge in [0.1, 0.15) is 6.10 Å². The maximum absolute atomic E-state index is 12.1. The van der Waals surface area contributed by atoms with Gasteiger partial charge in [-0.2, -0.15) is 0 Å². The van der Waals surface area contributed by atoms with E-state index < -0.39 is 6.10 Å². The number of carbonyl (C=O) groups excluding carboxylic acids is 1. The summed E-state index contributed by atoms with van der Waals surface area (Å²) in [6, 6.07) is 0. The van der Waals surface area contributed by atoms with Crippen LogP contribution in [0.4, 0.5) is 0 Å². The van der Waals surface area contributed by atoms with Crippen molar-refractivity contribution in [2.75, 3.05) is 19.8 Å². The summed E-state index contributed by atoms with van der Waals surface area (Å²) in [6.07, 6.45) is 40.0. The van der Waals surface area contributed by atoms with Crippen LogP contribution in [0.15, 0.2) is 48.6 Å². The Morgan fingerprint density at radius 1 is 0.641 bits per heavy atom. The van der Waals surface area contributed by atoms with Gasteiger partial charge >= 0.3 is 5.97 Å². The van der Waals surface area contributed by atoms with E-state index >= 15 is 0 Å². The van der Waals surface area contributed by atoms with E-state index in [4.69, 9.17) is 9.47 Å². The van der Waals surface area contributed by atoms with Crippen LogP contribution in [0.2, 0.25) is 0 Å². The number of aliphatic hydroxyl groups is 1. The first-order chi connectivity index (χ1) is 19.2. The average molecular weight is 547 g/mol. The Kier molecular flexibility index (Phi) is 31.2. The number of rotatable bonds is 29. The number of hydrogen-bond acceptors (Lipinski definition) is 4. The minimum atomic E-state index is -0.537. The molecule has 0 heterocycles. The fourth-order valence-electron chi connectivity index (χ4n) is 4.26. The lowest BCUT2D eigenvalue weighted by molar-refractivity contribution is -0.154. The third kappa shape index (κ3) is 30.7. The van der Waals surface area contributed by atoms with Gasteiger partial charge in [-0.15, -0.1) is 0 Å². The van der Waals surface area contributed by atoms with Crippen molar-refractivity contribution in [2.45, 2.75) is 148 Å². The van der Waals surface area contributed by atoms with Crippen molar-refractivity contribution in [3.63, 3.8) is 0 Å². The normalized spacial score (nSPS) is 13.0. The molecule has 0 rings (SSSR count). The topological polar surface area (TPSA) is 55.8 Å². The summed E-state index contributed by atoms with van der Waals surface area (Å²) in [5.74, 6) is -0.218. The third-order valence-electron chi connectivity index (χ3n) is 6.67. The Morgan fingerprint density at radius 2 is 1.15 bits per heavy atom. The molecule has 0 radical (unpaired) electrons. The van der Waals surface area contributed by atoms with Gasteiger partial charge in [0.25, 0.3) is 0 Å². The fourth-order valence-corrected chi connectivity index (χ4v) is 4.26. The summed E-state index contributed by atoms with van der Waals surface area (Å²) in [5.41, 5.74) is 0. The SMILES string of the molecule is CC/C=C\C/C=C\C/C=C\C/C=C\CCCCCCCCC(=O)OC(CO)COCCCCCCCCCC. The van der Waals surface area contributed by atoms with E-state index in [0.717, 1.165) is 57.8 Å². The van der Waals surface area contributed by atoms with Crippen molar-refractivity contribution in [3.05, 3.63) is 48.6 Å². The van der Waals surface area contributed by atoms with Crippen LogP contribution in [-0.4, -0.2) is 37.0 Å². The van der Waals surface area contributed by atoms with Gasteiger partial charge in [-0.1, -0.05) is 133 Å². The number of unbranched alkanes of at least 4 members (excludes halogenated alkanes) is 13. The zero-order chi connectivity index (χ0) is 28.5. The van der Waals surface area contributed by atoms with E-state index in [0.29, 0.717) is 13.0 Å². The molecule has 4 heteroatoms. The van der Waals surface area contributed by atoms with Crippen LogP contribution in [0.3, 0.4) is 0 Å². The van der Waals surface area contributed by atoms with Crippen molar-refractivity contribution in [1.82, 2.24) is 0 Å². The molecule has 0 fully saturated rings. The highest BCUT2D eigenvalue weighted by Gasteiger charge is 2.13. The molecule has 1 N–H and O–H groups in total. The molecule has 0 aliphatic rings. The maximum atomic E-state index is 12.1. The molecule has 1 atom stereocenters. The molecule has 0 saturated heterocycles. The van der Waals surface area contributed by atoms with Crippen molar-refractivity contribution in [3.8, 4) is 0 Å². The Balaban J connectivity index is 3.52. The number of aliphatic hydroxyl groups excluding tert-OH is 1. The summed E-state index contributed by atoms with van der Waals surface area (Å²) in [6.45, 7) is 5.18. The Labute approximate surface area is 242 Å². The fraction of sp³-hybridized carbons (Fsp3) is 0.743. The molecule has 0 saturated carbocycles. The maximum Gasteiger partial charge on any atom is 0.306 e. The summed E-state index contributed by atoms with van der Waals surface area (Å²) < 4.78 is 11.0. The minimum Gasteiger partial charge on any atom is -0.457 e. The molecule has 0 aliphatic carbocycles. The number of carbonyl (C=O) groups is 1. The van der Waals surface area contributed by atoms with Crippen LogP contribution in [0.5, 0.6) is 0 Å². The van der Waals surface area contributed by atoms with Crippen molar-refractivity contribution < 1.29 is 19.4 Å². The highest BCUT2D eigenvalue weighted by Crippen LogP contribution is 2.11. The summed E-state index contributed by atoms with van der Waals surface area (Å²) in [4.78, 5) is 12.1. The van der Waals surface area contributed by atoms with E-state index in [1.54, 1.807) is 0 Å². The molecule has 0 bridgehead atoms. The first-order valence-electron chi connectivity index (χ1n) is 16.2. The lowest BCUT2D eigenvalue weighted by Crippen LogP contribution is -2.27. The van der Waals surface area contributed by atoms with Crippen molar-refractivity contribution >= 4 is 5.97 Å². The first-order valence-corrected chi connectivity index (χ1v) is 16.2. The first kappa shape index (κ1) is 37.4. The standard InChI is InChI=1S/C35H62O4/c1-3-5-7-9-11-13-14-15-16-17-18-19-20-21-22-23-24-26-28-30-35(37)39-34(32-36)33-38-31-29-27-25-12-10-8-6-4-2/h5,7,11,13,15-16,18-19,34,36H,3-4,6,8-10,12,14,17,20-33H2,1-2H3/b7-5-,13-11-,16-15-,19-18-. The van der Waals surface area contributed by atoms with Crippen LogP contribution in [0.25, 0.3) is 0 Å². The minimum absolute atomic E-state index is 0.178. The summed E-state index contributed by atoms with van der Waals surface area (Å²) >= 11 is 0. The molecule has 0 aromatic carbocycles. The van der Waals surface area contributed by atoms with E-state index in [9.17, 15) is 9.90 Å². The summed E-state index contributed by atoms with van der Waals surface area (Å²) in [7, 11) is 0. The van der Waals surface area contributed by atoms with Crippen molar-refractivity contribution in [1.29, 1.82) is 0 Å². The van der Waals surface area contributed by atoms with Gasteiger partial charge in [-0.05, 0) is 51.4 Å². The molecular weight excluding hydrogens is 484 g/mol. The monoisotopic (exact) mass is 546 g/mol. The molecule has 0 amide bonds. The van der Waals surface area contributed by atoms with E-state index in [-0.39, 0.29) is 19.2 Å². The third-order valence-corrected chi connectivity index (χ3v) is 6.67. The zero-order valence-corrected chi connectivity index (χ0v) is 25.6. The predicted octanol–water partition coefficient (Wildman–Crippen LogP) is 9.97. The van der Waals surface area contributed by atoms with Gasteiger partial charge < -0.3 is 14.6 Å². The highest BCUT2D eigenvalue weighted by molar-refractivity contribution is 5.69. The second-order valence-electron chi connectivity index (χ2n) is 10.5. The van der Waals surface area contributed by atoms with Crippen LogP contribution < -0.4 is 0 Å². The Bertz CT molecular complexity index is 620. The number of hydrogen-bond donors (Lipinski definition) is 1. The zero-order valence-electron chi connectivity index (χ0n) is 25.6. The van der Waals surface area contributed by atoms with Gasteiger partial charge in [0.2, 0.25) is 0 Å². The van der Waals surface area contributed by atoms with Gasteiger partial charge in [0.15, 0.2) is 0 Å². The number of allylic oxidation sites excluding steroid dienone is 8. The lowest BCUT2D eigenvalue weighted by atomic mass is 10.1. The van der Waals surface area contributed by atoms with Gasteiger partial charge in [0.05, 0.1) is 13.2 Å². The van der Waals surface area contributed by atoms with Crippen LogP contribution in [-0.2, 0) is 14.3 Å². The largest absolute Gasteiger partial charge is 0.457 e. The lowest BCUT2D eigenvalue weighted by Gasteiger charge is -2.15. The number of ether oxygens (including phenoxy) is 2. The molecule has 4 nitrogen and oxygen atoms in total. The molecule has 0 aromatic heterocycles. The van der Waals surface area contributed by atoms with E-state index in [2.05, 4.69) is 62.5 Å². The van der Waals surface area contributed by atoms with E-state index in [1.165, 1.54) is 64.2 Å². The van der Waals surface area contributed by atoms with Gasteiger partial charge in [0, 0.05) is 13.0 Å². The second kappa shape index (κ2) is 32.6. The summed E-state index contributed by atoms with van der Waals surface area (Å²) in [5, 5.41) is 9.48. The van der Waals surface area contributed by atoms with Crippen LogP contribution in [0.1, 0.15) is 142 Å². The second-order valence-corrected chi connectivity index (χ2v) is 10.5. The molecule has 226 valence electrons. The molecule has 0 spiro atoms. The molecule has 0 aliphatic heterocycles. The quantitative estimate of drug-likeness (QED) is 0.0576. The number of esters is 1. The van der Waals surface area contributed by atoms with Gasteiger partial charge in [-0.3, -0.25) is 4.79 Å². The molecule has 39 heavy (non-hydrogen) atoms. The average Bonchev–Trinajstić information content (AvgIpc) is 2.94. The van der Waals surface area contributed by atoms with E-state index in [1.807, 2.05) is 0 Å². The Hall–Kier alpha value is -1.65.